The van der Waals surface area contributed by atoms with Crippen molar-refractivity contribution >= 4 is 41.1 Å². The zero-order valence-corrected chi connectivity index (χ0v) is 21.2. The Hall–Kier alpha value is 3.96. The molecule has 0 saturated heterocycles. The molecule has 5 nitrogen and oxygen atoms in total. The van der Waals surface area contributed by atoms with E-state index in [2.05, 4.69) is 24.8 Å². The standard InChI is InChI=1S/C7H11NO4S2.3K/c9-5(10)1-3-8(7(13)14)4-2-6(11)12;;;/h1-4H2,(H,9,10)(H,11,12)(H,13,14);;;/q;3*+1/p-3. The van der Waals surface area contributed by atoms with Crippen molar-refractivity contribution in [3.8, 4) is 0 Å². The average molecular weight is 352 g/mol. The van der Waals surface area contributed by atoms with Gasteiger partial charge in [-0.05, 0) is 0 Å². The van der Waals surface area contributed by atoms with E-state index in [-0.39, 0.29) is 184 Å². The fourth-order valence-electron chi connectivity index (χ4n) is 0.747. The van der Waals surface area contributed by atoms with Crippen molar-refractivity contribution in [3.63, 3.8) is 0 Å². The molecule has 0 amide bonds. The van der Waals surface area contributed by atoms with E-state index in [0.717, 1.165) is 0 Å². The first-order chi connectivity index (χ1) is 6.43. The summed E-state index contributed by atoms with van der Waals surface area (Å²) in [6.45, 7) is 0.135. The first kappa shape index (κ1) is 29.0. The van der Waals surface area contributed by atoms with Gasteiger partial charge in [0.25, 0.3) is 0 Å². The molecule has 0 saturated carbocycles. The molecule has 0 aromatic rings. The minimum atomic E-state index is -1.23. The topological polar surface area (TPSA) is 83.5 Å². The van der Waals surface area contributed by atoms with Crippen LogP contribution in [-0.2, 0) is 22.2 Å². The molecule has 0 rings (SSSR count). The van der Waals surface area contributed by atoms with Gasteiger partial charge in [0.2, 0.25) is 0 Å². The third kappa shape index (κ3) is 20.0. The largest absolute Gasteiger partial charge is 1.00 e. The van der Waals surface area contributed by atoms with Crippen LogP contribution in [0.1, 0.15) is 12.8 Å². The minimum absolute atomic E-state index is 0. The molecule has 0 aliphatic carbocycles. The van der Waals surface area contributed by atoms with Crippen LogP contribution >= 0.6 is 12.2 Å². The van der Waals surface area contributed by atoms with E-state index in [1.54, 1.807) is 0 Å². The molecule has 0 atom stereocenters. The molecule has 0 spiro atoms. The maximum atomic E-state index is 10.1. The van der Waals surface area contributed by atoms with Gasteiger partial charge in [-0.15, -0.1) is 0 Å². The quantitative estimate of drug-likeness (QED) is 0.267. The fourth-order valence-corrected chi connectivity index (χ4v) is 1.11. The number of carboxylic acids is 2. The number of carbonyl (C=O) groups excluding carboxylic acids is 2. The van der Waals surface area contributed by atoms with Crippen LogP contribution in [0.2, 0.25) is 0 Å². The molecule has 0 heterocycles. The zero-order valence-electron chi connectivity index (χ0n) is 10.2. The Bertz CT molecular complexity index is 237. The number of thiocarbonyl (C=S) groups is 1. The van der Waals surface area contributed by atoms with E-state index in [1.165, 1.54) is 4.90 Å². The first-order valence-corrected chi connectivity index (χ1v) is 4.60. The first-order valence-electron chi connectivity index (χ1n) is 3.79. The number of aliphatic carboxylic acids is 2. The summed E-state index contributed by atoms with van der Waals surface area (Å²) in [7, 11) is 0. The number of carbonyl (C=O) groups is 2. The number of hydrogen-bond donors (Lipinski definition) is 0. The molecule has 10 heteroatoms. The normalized spacial score (nSPS) is 7.76. The van der Waals surface area contributed by atoms with Crippen LogP contribution in [0.5, 0.6) is 0 Å². The van der Waals surface area contributed by atoms with E-state index in [4.69, 9.17) is 0 Å². The average Bonchev–Trinajstić information content (AvgIpc) is 2.02. The Morgan fingerprint density at radius 1 is 1.00 bits per heavy atom. The maximum Gasteiger partial charge on any atom is 1.00 e. The van der Waals surface area contributed by atoms with Gasteiger partial charge in [-0.25, -0.2) is 0 Å². The molecule has 0 aromatic heterocycles. The molecule has 0 aromatic carbocycles. The van der Waals surface area contributed by atoms with E-state index in [9.17, 15) is 19.8 Å². The van der Waals surface area contributed by atoms with Crippen molar-refractivity contribution in [1.29, 1.82) is 0 Å². The third-order valence-corrected chi connectivity index (χ3v) is 1.95. The van der Waals surface area contributed by atoms with Gasteiger partial charge >= 0.3 is 154 Å². The Labute approximate surface area is 239 Å². The van der Waals surface area contributed by atoms with Crippen molar-refractivity contribution in [2.24, 2.45) is 0 Å². The SMILES string of the molecule is O=C([O-])CCN(CCC(=O)[O-])C(=S)[S-].[K+].[K+].[K+]. The van der Waals surface area contributed by atoms with Gasteiger partial charge in [0.15, 0.2) is 0 Å². The second-order valence-corrected chi connectivity index (χ2v) is 3.53. The minimum Gasteiger partial charge on any atom is -0.550 e. The molecule has 80 valence electrons. The van der Waals surface area contributed by atoms with E-state index < -0.39 is 11.9 Å². The summed E-state index contributed by atoms with van der Waals surface area (Å²) < 4.78 is 0.0486. The van der Waals surface area contributed by atoms with E-state index >= 15 is 0 Å². The van der Waals surface area contributed by atoms with Gasteiger partial charge in [0, 0.05) is 37.9 Å². The van der Waals surface area contributed by atoms with Crippen LogP contribution in [0.4, 0.5) is 0 Å². The third-order valence-electron chi connectivity index (χ3n) is 1.43. The Balaban J connectivity index is -0.000000282. The summed E-state index contributed by atoms with van der Waals surface area (Å²) in [4.78, 5) is 21.6. The van der Waals surface area contributed by atoms with Crippen LogP contribution in [0, 0.1) is 0 Å². The Kier molecular flexibility index (Phi) is 30.8. The zero-order chi connectivity index (χ0) is 11.1. The predicted octanol–water partition coefficient (Wildman–Crippen LogP) is -11.6. The molecular weight excluding hydrogens is 344 g/mol. The van der Waals surface area contributed by atoms with Crippen molar-refractivity contribution < 1.29 is 174 Å². The summed E-state index contributed by atoms with van der Waals surface area (Å²) in [6.07, 6.45) is -0.465. The number of rotatable bonds is 6. The summed E-state index contributed by atoms with van der Waals surface area (Å²) in [5, 5.41) is 20.2. The van der Waals surface area contributed by atoms with E-state index in [1.807, 2.05) is 0 Å². The molecular formula is C7H8K3NO4S2. The van der Waals surface area contributed by atoms with Gasteiger partial charge in [-0.1, -0.05) is 4.32 Å². The van der Waals surface area contributed by atoms with Crippen molar-refractivity contribution in [1.82, 2.24) is 4.90 Å². The molecule has 0 fully saturated rings. The summed E-state index contributed by atoms with van der Waals surface area (Å²) in [6, 6.07) is 0. The number of hydrogen-bond acceptors (Lipinski definition) is 6. The number of carboxylic acid groups (broad SMARTS) is 2. The molecule has 0 bridgehead atoms. The fraction of sp³-hybridized carbons (Fsp3) is 0.571. The summed E-state index contributed by atoms with van der Waals surface area (Å²) >= 11 is 9.27. The second kappa shape index (κ2) is 18.0. The molecule has 0 radical (unpaired) electrons. The predicted molar refractivity (Wildman–Crippen MR) is 50.8 cm³/mol. The number of nitrogens with zero attached hydrogens (tertiary/aromatic N) is 1. The van der Waals surface area contributed by atoms with Gasteiger partial charge in [-0.2, -0.15) is 0 Å². The van der Waals surface area contributed by atoms with Crippen LogP contribution in [0.15, 0.2) is 0 Å². The molecule has 0 unspecified atom stereocenters. The van der Waals surface area contributed by atoms with Crippen molar-refractivity contribution in [2.75, 3.05) is 13.1 Å². The molecule has 0 N–H and O–H groups in total. The Morgan fingerprint density at radius 2 is 1.29 bits per heavy atom. The molecule has 0 aliphatic heterocycles. The second-order valence-electron chi connectivity index (χ2n) is 2.50. The molecule has 0 aliphatic rings. The van der Waals surface area contributed by atoms with E-state index in [0.29, 0.717) is 0 Å². The van der Waals surface area contributed by atoms with Crippen molar-refractivity contribution in [3.05, 3.63) is 0 Å². The Morgan fingerprint density at radius 3 is 1.47 bits per heavy atom. The summed E-state index contributed by atoms with van der Waals surface area (Å²) in [5.74, 6) is -2.45. The van der Waals surface area contributed by atoms with Crippen LogP contribution in [0.25, 0.3) is 0 Å². The van der Waals surface area contributed by atoms with Gasteiger partial charge in [0.1, 0.15) is 0 Å². The maximum absolute atomic E-state index is 10.1. The smallest absolute Gasteiger partial charge is 0.550 e. The van der Waals surface area contributed by atoms with Gasteiger partial charge in [-0.3, -0.25) is 0 Å². The summed E-state index contributed by atoms with van der Waals surface area (Å²) in [5.41, 5.74) is 0. The molecule has 17 heavy (non-hydrogen) atoms. The van der Waals surface area contributed by atoms with Crippen LogP contribution in [-0.4, -0.2) is 34.2 Å². The van der Waals surface area contributed by atoms with Crippen LogP contribution in [0.3, 0.4) is 0 Å². The monoisotopic (exact) mass is 351 g/mol. The van der Waals surface area contributed by atoms with Crippen molar-refractivity contribution in [2.45, 2.75) is 12.8 Å². The van der Waals surface area contributed by atoms with Crippen LogP contribution < -0.4 is 164 Å². The van der Waals surface area contributed by atoms with Gasteiger partial charge < -0.3 is 49.5 Å². The van der Waals surface area contributed by atoms with Gasteiger partial charge in [0.05, 0.1) is 0 Å².